The van der Waals surface area contributed by atoms with Gasteiger partial charge in [0.25, 0.3) is 0 Å². The van der Waals surface area contributed by atoms with Gasteiger partial charge in [0.2, 0.25) is 0 Å². The van der Waals surface area contributed by atoms with Gasteiger partial charge in [-0.25, -0.2) is 9.97 Å². The zero-order valence-corrected chi connectivity index (χ0v) is 13.0. The molecule has 0 saturated carbocycles. The number of rotatable bonds is 5. The van der Waals surface area contributed by atoms with Crippen molar-refractivity contribution in [2.45, 2.75) is 32.6 Å². The summed E-state index contributed by atoms with van der Waals surface area (Å²) in [6.45, 7) is 7.17. The molecule has 1 aromatic heterocycles. The molecule has 0 spiro atoms. The standard InChI is InChI=1S/C15H26N4O/c1-11(2)15-17-13(16-3)8-14(18-15)19-7-5-6-12(9-19)10-20-4/h8,11-12H,5-7,9-10H2,1-4H3,(H,16,17,18). The van der Waals surface area contributed by atoms with E-state index in [1.54, 1.807) is 7.11 Å². The number of nitrogens with one attached hydrogen (secondary N) is 1. The molecule has 1 unspecified atom stereocenters. The van der Waals surface area contributed by atoms with Gasteiger partial charge in [0.05, 0.1) is 6.61 Å². The lowest BCUT2D eigenvalue weighted by atomic mass is 9.99. The summed E-state index contributed by atoms with van der Waals surface area (Å²) in [5, 5.41) is 3.14. The van der Waals surface area contributed by atoms with Gasteiger partial charge < -0.3 is 15.0 Å². The van der Waals surface area contributed by atoms with E-state index in [4.69, 9.17) is 9.72 Å². The quantitative estimate of drug-likeness (QED) is 0.897. The molecule has 1 aromatic rings. The van der Waals surface area contributed by atoms with Crippen LogP contribution in [0.3, 0.4) is 0 Å². The summed E-state index contributed by atoms with van der Waals surface area (Å²) in [5.74, 6) is 3.77. The molecular formula is C15H26N4O. The number of methoxy groups -OCH3 is 1. The molecule has 1 aliphatic heterocycles. The van der Waals surface area contributed by atoms with Crippen LogP contribution in [0.5, 0.6) is 0 Å². The van der Waals surface area contributed by atoms with Crippen molar-refractivity contribution < 1.29 is 4.74 Å². The second kappa shape index (κ2) is 6.88. The Kier molecular flexibility index (Phi) is 5.17. The van der Waals surface area contributed by atoms with Crippen LogP contribution in [0.15, 0.2) is 6.07 Å². The second-order valence-corrected chi connectivity index (χ2v) is 5.78. The topological polar surface area (TPSA) is 50.3 Å². The van der Waals surface area contributed by atoms with E-state index in [9.17, 15) is 0 Å². The van der Waals surface area contributed by atoms with Crippen LogP contribution in [-0.2, 0) is 4.74 Å². The third kappa shape index (κ3) is 3.60. The summed E-state index contributed by atoms with van der Waals surface area (Å²) in [7, 11) is 3.68. The molecule has 1 aliphatic rings. The first-order valence-corrected chi connectivity index (χ1v) is 7.44. The maximum Gasteiger partial charge on any atom is 0.135 e. The minimum absolute atomic E-state index is 0.335. The molecule has 0 aromatic carbocycles. The van der Waals surface area contributed by atoms with Crippen LogP contribution in [0.4, 0.5) is 11.6 Å². The van der Waals surface area contributed by atoms with Gasteiger partial charge in [0.15, 0.2) is 0 Å². The summed E-state index contributed by atoms with van der Waals surface area (Å²) in [6, 6.07) is 2.04. The average Bonchev–Trinajstić information content (AvgIpc) is 2.47. The number of piperidine rings is 1. The molecule has 1 N–H and O–H groups in total. The fraction of sp³-hybridized carbons (Fsp3) is 0.733. The van der Waals surface area contributed by atoms with Gasteiger partial charge in [0.1, 0.15) is 17.5 Å². The van der Waals surface area contributed by atoms with Crippen molar-refractivity contribution in [2.75, 3.05) is 44.1 Å². The van der Waals surface area contributed by atoms with Crippen molar-refractivity contribution >= 4 is 11.6 Å². The smallest absolute Gasteiger partial charge is 0.135 e. The van der Waals surface area contributed by atoms with Crippen LogP contribution in [0.2, 0.25) is 0 Å². The minimum Gasteiger partial charge on any atom is -0.384 e. The number of anilines is 2. The zero-order chi connectivity index (χ0) is 14.5. The van der Waals surface area contributed by atoms with Crippen molar-refractivity contribution in [2.24, 2.45) is 5.92 Å². The summed E-state index contributed by atoms with van der Waals surface area (Å²) >= 11 is 0. The molecule has 20 heavy (non-hydrogen) atoms. The molecule has 112 valence electrons. The van der Waals surface area contributed by atoms with E-state index < -0.39 is 0 Å². The van der Waals surface area contributed by atoms with Crippen LogP contribution in [0, 0.1) is 5.92 Å². The normalized spacial score (nSPS) is 19.4. The first-order chi connectivity index (χ1) is 9.63. The Bertz CT molecular complexity index is 434. The van der Waals surface area contributed by atoms with Crippen molar-refractivity contribution in [1.82, 2.24) is 9.97 Å². The Morgan fingerprint density at radius 1 is 1.45 bits per heavy atom. The van der Waals surface area contributed by atoms with E-state index in [0.717, 1.165) is 37.2 Å². The summed E-state index contributed by atoms with van der Waals surface area (Å²) < 4.78 is 5.30. The van der Waals surface area contributed by atoms with E-state index in [2.05, 4.69) is 29.0 Å². The Labute approximate surface area is 121 Å². The van der Waals surface area contributed by atoms with E-state index in [-0.39, 0.29) is 0 Å². The summed E-state index contributed by atoms with van der Waals surface area (Å²) in [5.41, 5.74) is 0. The average molecular weight is 278 g/mol. The van der Waals surface area contributed by atoms with Gasteiger partial charge in [-0.2, -0.15) is 0 Å². The molecule has 0 radical (unpaired) electrons. The number of nitrogens with zero attached hydrogens (tertiary/aromatic N) is 3. The highest BCUT2D eigenvalue weighted by molar-refractivity contribution is 5.49. The number of aromatic nitrogens is 2. The van der Waals surface area contributed by atoms with Gasteiger partial charge in [-0.3, -0.25) is 0 Å². The largest absolute Gasteiger partial charge is 0.384 e. The molecule has 0 aliphatic carbocycles. The molecule has 2 rings (SSSR count). The Morgan fingerprint density at radius 3 is 2.90 bits per heavy atom. The zero-order valence-electron chi connectivity index (χ0n) is 13.0. The SMILES string of the molecule is CNc1cc(N2CCCC(COC)C2)nc(C(C)C)n1. The molecule has 5 heteroatoms. The lowest BCUT2D eigenvalue weighted by molar-refractivity contribution is 0.143. The second-order valence-electron chi connectivity index (χ2n) is 5.78. The number of hydrogen-bond acceptors (Lipinski definition) is 5. The lowest BCUT2D eigenvalue weighted by Gasteiger charge is -2.33. The van der Waals surface area contributed by atoms with Crippen LogP contribution in [0.1, 0.15) is 38.4 Å². The third-order valence-electron chi connectivity index (χ3n) is 3.75. The maximum atomic E-state index is 5.30. The maximum absolute atomic E-state index is 5.30. The van der Waals surface area contributed by atoms with Gasteiger partial charge >= 0.3 is 0 Å². The van der Waals surface area contributed by atoms with E-state index in [0.29, 0.717) is 11.8 Å². The van der Waals surface area contributed by atoms with Crippen LogP contribution in [-0.4, -0.2) is 43.8 Å². The fourth-order valence-electron chi connectivity index (χ4n) is 2.65. The number of ether oxygens (including phenoxy) is 1. The van der Waals surface area contributed by atoms with Crippen LogP contribution >= 0.6 is 0 Å². The monoisotopic (exact) mass is 278 g/mol. The van der Waals surface area contributed by atoms with E-state index in [1.807, 2.05) is 13.1 Å². The van der Waals surface area contributed by atoms with Crippen molar-refractivity contribution in [1.29, 1.82) is 0 Å². The van der Waals surface area contributed by atoms with Crippen LogP contribution in [0.25, 0.3) is 0 Å². The van der Waals surface area contributed by atoms with Gasteiger partial charge in [-0.15, -0.1) is 0 Å². The third-order valence-corrected chi connectivity index (χ3v) is 3.75. The van der Waals surface area contributed by atoms with Crippen LogP contribution < -0.4 is 10.2 Å². The van der Waals surface area contributed by atoms with Crippen molar-refractivity contribution in [3.05, 3.63) is 11.9 Å². The lowest BCUT2D eigenvalue weighted by Crippen LogP contribution is -2.37. The molecular weight excluding hydrogens is 252 g/mol. The predicted molar refractivity (Wildman–Crippen MR) is 82.5 cm³/mol. The fourth-order valence-corrected chi connectivity index (χ4v) is 2.65. The Hall–Kier alpha value is -1.36. The highest BCUT2D eigenvalue weighted by Crippen LogP contribution is 2.25. The van der Waals surface area contributed by atoms with E-state index in [1.165, 1.54) is 12.8 Å². The van der Waals surface area contributed by atoms with Gasteiger partial charge in [-0.05, 0) is 18.8 Å². The molecule has 2 heterocycles. The van der Waals surface area contributed by atoms with Crippen molar-refractivity contribution in [3.63, 3.8) is 0 Å². The molecule has 0 bridgehead atoms. The minimum atomic E-state index is 0.335. The first-order valence-electron chi connectivity index (χ1n) is 7.44. The summed E-state index contributed by atoms with van der Waals surface area (Å²) in [6.07, 6.45) is 2.44. The molecule has 1 fully saturated rings. The molecule has 1 atom stereocenters. The first kappa shape index (κ1) is 15.0. The highest BCUT2D eigenvalue weighted by atomic mass is 16.5. The molecule has 0 amide bonds. The predicted octanol–water partition coefficient (Wildman–Crippen LogP) is 2.50. The highest BCUT2D eigenvalue weighted by Gasteiger charge is 2.22. The number of hydrogen-bond donors (Lipinski definition) is 1. The Balaban J connectivity index is 2.20. The summed E-state index contributed by atoms with van der Waals surface area (Å²) in [4.78, 5) is 11.6. The molecule has 5 nitrogen and oxygen atoms in total. The van der Waals surface area contributed by atoms with E-state index >= 15 is 0 Å². The Morgan fingerprint density at radius 2 is 2.25 bits per heavy atom. The van der Waals surface area contributed by atoms with Crippen molar-refractivity contribution in [3.8, 4) is 0 Å². The van der Waals surface area contributed by atoms with Gasteiger partial charge in [0, 0.05) is 39.2 Å². The van der Waals surface area contributed by atoms with Gasteiger partial charge in [-0.1, -0.05) is 13.8 Å². The molecule has 1 saturated heterocycles.